The first-order chi connectivity index (χ1) is 12.9. The molecule has 2 aromatic carbocycles. The molecule has 0 fully saturated rings. The van der Waals surface area contributed by atoms with Crippen molar-refractivity contribution in [2.45, 2.75) is 13.8 Å². The molecule has 4 rings (SSSR count). The molecule has 3 N–H and O–H groups in total. The number of fused-ring (bicyclic) bond motifs is 1. The number of hydrogen-bond acceptors (Lipinski definition) is 2. The number of halogens is 2. The summed E-state index contributed by atoms with van der Waals surface area (Å²) in [6.45, 7) is 3.98. The number of carbonyl (C=O) groups excluding carboxylic acids is 1. The first-order valence-electron chi connectivity index (χ1n) is 8.33. The lowest BCUT2D eigenvalue weighted by Crippen LogP contribution is -2.12. The quantitative estimate of drug-likeness (QED) is 0.491. The maximum atomic E-state index is 13.4. The minimum atomic E-state index is -0.685. The van der Waals surface area contributed by atoms with Crippen LogP contribution in [-0.2, 0) is 0 Å². The molecule has 0 spiro atoms. The van der Waals surface area contributed by atoms with E-state index in [1.807, 2.05) is 26.0 Å². The summed E-state index contributed by atoms with van der Waals surface area (Å²) in [5, 5.41) is 10.3. The molecule has 5 nitrogen and oxygen atoms in total. The van der Waals surface area contributed by atoms with Crippen molar-refractivity contribution in [3.63, 3.8) is 0 Å². The molecule has 0 aliphatic rings. The van der Waals surface area contributed by atoms with Crippen LogP contribution in [0.25, 0.3) is 22.2 Å². The van der Waals surface area contributed by atoms with E-state index in [-0.39, 0.29) is 11.7 Å². The molecular formula is C20H16F2N4O. The van der Waals surface area contributed by atoms with Crippen molar-refractivity contribution in [3.05, 3.63) is 70.9 Å². The first-order valence-corrected chi connectivity index (χ1v) is 8.33. The smallest absolute Gasteiger partial charge is 0.256 e. The normalized spacial score (nSPS) is 11.1. The topological polar surface area (TPSA) is 73.6 Å². The van der Waals surface area contributed by atoms with E-state index in [0.29, 0.717) is 16.8 Å². The van der Waals surface area contributed by atoms with E-state index in [1.54, 1.807) is 6.07 Å². The zero-order valence-electron chi connectivity index (χ0n) is 14.7. The Bertz CT molecular complexity index is 1160. The number of anilines is 1. The second-order valence-corrected chi connectivity index (χ2v) is 6.41. The average Bonchev–Trinajstić information content (AvgIpc) is 3.19. The average molecular weight is 366 g/mol. The highest BCUT2D eigenvalue weighted by Gasteiger charge is 2.13. The van der Waals surface area contributed by atoms with Crippen LogP contribution in [0.4, 0.5) is 14.6 Å². The molecule has 4 aromatic rings. The van der Waals surface area contributed by atoms with Gasteiger partial charge >= 0.3 is 0 Å². The molecule has 7 heteroatoms. The number of aryl methyl sites for hydroxylation is 2. The summed E-state index contributed by atoms with van der Waals surface area (Å²) in [6, 6.07) is 10.1. The number of carbonyl (C=O) groups is 1. The van der Waals surface area contributed by atoms with Crippen molar-refractivity contribution in [2.75, 3.05) is 5.32 Å². The summed E-state index contributed by atoms with van der Waals surface area (Å²) in [5.41, 5.74) is 4.32. The fourth-order valence-electron chi connectivity index (χ4n) is 3.03. The lowest BCUT2D eigenvalue weighted by Gasteiger charge is -2.02. The van der Waals surface area contributed by atoms with Crippen molar-refractivity contribution in [1.29, 1.82) is 0 Å². The molecular weight excluding hydrogens is 350 g/mol. The minimum Gasteiger partial charge on any atom is -0.358 e. The van der Waals surface area contributed by atoms with Crippen LogP contribution >= 0.6 is 0 Å². The van der Waals surface area contributed by atoms with Crippen LogP contribution in [0.1, 0.15) is 21.6 Å². The van der Waals surface area contributed by atoms with Crippen LogP contribution in [0.3, 0.4) is 0 Å². The molecule has 0 unspecified atom stereocenters. The van der Waals surface area contributed by atoms with E-state index in [2.05, 4.69) is 20.5 Å². The van der Waals surface area contributed by atoms with E-state index < -0.39 is 11.6 Å². The second-order valence-electron chi connectivity index (χ2n) is 6.41. The molecule has 0 bridgehead atoms. The van der Waals surface area contributed by atoms with E-state index >= 15 is 0 Å². The zero-order chi connectivity index (χ0) is 19.1. The number of amides is 1. The Hall–Kier alpha value is -3.48. The molecule has 2 aromatic heterocycles. The molecule has 0 saturated carbocycles. The lowest BCUT2D eigenvalue weighted by atomic mass is 10.1. The highest BCUT2D eigenvalue weighted by Crippen LogP contribution is 2.24. The van der Waals surface area contributed by atoms with Gasteiger partial charge in [0.15, 0.2) is 5.82 Å². The number of aromatic nitrogens is 3. The van der Waals surface area contributed by atoms with Gasteiger partial charge < -0.3 is 10.3 Å². The van der Waals surface area contributed by atoms with Gasteiger partial charge in [-0.25, -0.2) is 8.78 Å². The van der Waals surface area contributed by atoms with Gasteiger partial charge in [-0.05, 0) is 49.7 Å². The van der Waals surface area contributed by atoms with Gasteiger partial charge in [0.2, 0.25) is 0 Å². The van der Waals surface area contributed by atoms with E-state index in [0.717, 1.165) is 28.2 Å². The van der Waals surface area contributed by atoms with E-state index in [9.17, 15) is 13.6 Å². The Kier molecular flexibility index (Phi) is 3.99. The predicted octanol–water partition coefficient (Wildman–Crippen LogP) is 4.71. The van der Waals surface area contributed by atoms with Crippen LogP contribution in [0.5, 0.6) is 0 Å². The van der Waals surface area contributed by atoms with Crippen LogP contribution in [-0.4, -0.2) is 21.1 Å². The molecule has 0 aliphatic heterocycles. The largest absolute Gasteiger partial charge is 0.358 e. The van der Waals surface area contributed by atoms with Gasteiger partial charge in [0.1, 0.15) is 11.6 Å². The zero-order valence-corrected chi connectivity index (χ0v) is 14.7. The van der Waals surface area contributed by atoms with Crippen molar-refractivity contribution in [3.8, 4) is 11.3 Å². The molecule has 1 amide bonds. The number of hydrogen-bond donors (Lipinski definition) is 3. The summed E-state index contributed by atoms with van der Waals surface area (Å²) in [6.07, 6.45) is 0. The number of H-pyrrole nitrogens is 2. The SMILES string of the molecule is Cc1[nH]c2ccc(C(=O)Nc3cc(-c4cc(F)cc(F)c4)[nH]n3)cc2c1C. The molecule has 136 valence electrons. The van der Waals surface area contributed by atoms with Gasteiger partial charge in [-0.3, -0.25) is 9.89 Å². The van der Waals surface area contributed by atoms with E-state index in [4.69, 9.17) is 0 Å². The third-order valence-corrected chi connectivity index (χ3v) is 4.56. The lowest BCUT2D eigenvalue weighted by molar-refractivity contribution is 0.102. The fourth-order valence-corrected chi connectivity index (χ4v) is 3.03. The highest BCUT2D eigenvalue weighted by molar-refractivity contribution is 6.06. The van der Waals surface area contributed by atoms with E-state index in [1.165, 1.54) is 18.2 Å². The van der Waals surface area contributed by atoms with Gasteiger partial charge in [-0.1, -0.05) is 0 Å². The molecule has 0 aliphatic carbocycles. The summed E-state index contributed by atoms with van der Waals surface area (Å²) >= 11 is 0. The number of benzene rings is 2. The minimum absolute atomic E-state index is 0.265. The second kappa shape index (κ2) is 6.35. The number of rotatable bonds is 3. The summed E-state index contributed by atoms with van der Waals surface area (Å²) < 4.78 is 26.7. The Balaban J connectivity index is 1.58. The highest BCUT2D eigenvalue weighted by atomic mass is 19.1. The molecule has 0 saturated heterocycles. The number of nitrogens with one attached hydrogen (secondary N) is 3. The van der Waals surface area contributed by atoms with Gasteiger partial charge in [0, 0.05) is 39.9 Å². The van der Waals surface area contributed by atoms with Crippen molar-refractivity contribution >= 4 is 22.6 Å². The van der Waals surface area contributed by atoms with Crippen LogP contribution in [0, 0.1) is 25.5 Å². The summed E-state index contributed by atoms with van der Waals surface area (Å²) in [5.74, 6) is -1.42. The molecule has 27 heavy (non-hydrogen) atoms. The molecule has 0 atom stereocenters. The predicted molar refractivity (Wildman–Crippen MR) is 99.7 cm³/mol. The monoisotopic (exact) mass is 366 g/mol. The van der Waals surface area contributed by atoms with Gasteiger partial charge in [0.05, 0.1) is 5.69 Å². The molecule has 2 heterocycles. The first kappa shape index (κ1) is 17.0. The molecule has 0 radical (unpaired) electrons. The standard InChI is InChI=1S/C20H16F2N4O/c1-10-11(2)23-17-4-3-12(7-16(10)17)20(27)24-19-9-18(25-26-19)13-5-14(21)8-15(22)6-13/h3-9,23H,1-2H3,(H2,24,25,26,27). The van der Waals surface area contributed by atoms with Crippen LogP contribution in [0.15, 0.2) is 42.5 Å². The maximum Gasteiger partial charge on any atom is 0.256 e. The van der Waals surface area contributed by atoms with Gasteiger partial charge in [0.25, 0.3) is 5.91 Å². The van der Waals surface area contributed by atoms with Gasteiger partial charge in [-0.2, -0.15) is 5.10 Å². The maximum absolute atomic E-state index is 13.4. The van der Waals surface area contributed by atoms with Crippen molar-refractivity contribution in [1.82, 2.24) is 15.2 Å². The Morgan fingerprint density at radius 2 is 1.78 bits per heavy atom. The third-order valence-electron chi connectivity index (χ3n) is 4.56. The van der Waals surface area contributed by atoms with Crippen LogP contribution in [0.2, 0.25) is 0 Å². The number of nitrogens with zero attached hydrogens (tertiary/aromatic N) is 1. The van der Waals surface area contributed by atoms with Crippen molar-refractivity contribution in [2.24, 2.45) is 0 Å². The van der Waals surface area contributed by atoms with Gasteiger partial charge in [-0.15, -0.1) is 0 Å². The Labute approximate surface area is 153 Å². The summed E-state index contributed by atoms with van der Waals surface area (Å²) in [4.78, 5) is 15.8. The number of aromatic amines is 2. The Morgan fingerprint density at radius 3 is 2.52 bits per heavy atom. The van der Waals surface area contributed by atoms with Crippen molar-refractivity contribution < 1.29 is 13.6 Å². The van der Waals surface area contributed by atoms with Crippen LogP contribution < -0.4 is 5.32 Å². The fraction of sp³-hybridized carbons (Fsp3) is 0.100. The third kappa shape index (κ3) is 3.19. The Morgan fingerprint density at radius 1 is 1.04 bits per heavy atom. The summed E-state index contributed by atoms with van der Waals surface area (Å²) in [7, 11) is 0.